The van der Waals surface area contributed by atoms with E-state index < -0.39 is 28.6 Å². The number of anilines is 1. The molecule has 2 aromatic rings. The smallest absolute Gasteiger partial charge is 0.341 e. The first-order valence-electron chi connectivity index (χ1n) is 8.75. The fourth-order valence-electron chi connectivity index (χ4n) is 4.14. The van der Waals surface area contributed by atoms with Gasteiger partial charge in [0.2, 0.25) is 5.43 Å². The Labute approximate surface area is 147 Å². The summed E-state index contributed by atoms with van der Waals surface area (Å²) in [6.07, 6.45) is 2.77. The number of rotatable bonds is 3. The number of halogens is 2. The third-order valence-electron chi connectivity index (χ3n) is 5.68. The van der Waals surface area contributed by atoms with Gasteiger partial charge in [0.1, 0.15) is 17.1 Å². The molecule has 1 aromatic heterocycles. The molecule has 1 N–H and O–H groups in total. The monoisotopic (exact) mass is 361 g/mol. The lowest BCUT2D eigenvalue weighted by Gasteiger charge is -2.52. The molecule has 3 aliphatic heterocycles. The molecular weight excluding hydrogens is 344 g/mol. The average molecular weight is 361 g/mol. The SMILES string of the molecule is O=C(O)c1cn(C2CC2)c2c(F)c(N3CCN4CC3C4)c(F)cc2c1=O. The zero-order valence-electron chi connectivity index (χ0n) is 13.9. The number of benzene rings is 1. The van der Waals surface area contributed by atoms with Gasteiger partial charge in [0, 0.05) is 38.4 Å². The van der Waals surface area contributed by atoms with Crippen molar-refractivity contribution in [1.82, 2.24) is 9.47 Å². The number of aromatic nitrogens is 1. The molecule has 4 heterocycles. The Bertz CT molecular complexity index is 1010. The first kappa shape index (κ1) is 15.7. The molecule has 8 heteroatoms. The summed E-state index contributed by atoms with van der Waals surface area (Å²) >= 11 is 0. The van der Waals surface area contributed by atoms with Crippen LogP contribution in [0.2, 0.25) is 0 Å². The van der Waals surface area contributed by atoms with Crippen LogP contribution >= 0.6 is 0 Å². The van der Waals surface area contributed by atoms with E-state index in [1.807, 2.05) is 0 Å². The normalized spacial score (nSPS) is 24.6. The minimum Gasteiger partial charge on any atom is -0.477 e. The summed E-state index contributed by atoms with van der Waals surface area (Å²) in [6, 6.07) is 1.03. The second-order valence-corrected chi connectivity index (χ2v) is 7.34. The van der Waals surface area contributed by atoms with Gasteiger partial charge in [-0.25, -0.2) is 13.6 Å². The van der Waals surface area contributed by atoms with Crippen molar-refractivity contribution in [3.05, 3.63) is 39.7 Å². The zero-order valence-corrected chi connectivity index (χ0v) is 13.9. The molecule has 1 saturated carbocycles. The summed E-state index contributed by atoms with van der Waals surface area (Å²) in [5.74, 6) is -2.96. The largest absolute Gasteiger partial charge is 0.477 e. The van der Waals surface area contributed by atoms with Crippen molar-refractivity contribution in [2.75, 3.05) is 31.1 Å². The van der Waals surface area contributed by atoms with Gasteiger partial charge in [0.05, 0.1) is 16.9 Å². The van der Waals surface area contributed by atoms with Crippen molar-refractivity contribution in [1.29, 1.82) is 0 Å². The van der Waals surface area contributed by atoms with E-state index in [1.54, 1.807) is 4.90 Å². The number of pyridine rings is 1. The summed E-state index contributed by atoms with van der Waals surface area (Å²) in [7, 11) is 0. The maximum atomic E-state index is 15.5. The van der Waals surface area contributed by atoms with E-state index in [-0.39, 0.29) is 28.7 Å². The Morgan fingerprint density at radius 3 is 2.46 bits per heavy atom. The number of hydrogen-bond acceptors (Lipinski definition) is 4. The van der Waals surface area contributed by atoms with Gasteiger partial charge in [0.25, 0.3) is 0 Å². The van der Waals surface area contributed by atoms with Gasteiger partial charge in [-0.3, -0.25) is 9.69 Å². The highest BCUT2D eigenvalue weighted by Gasteiger charge is 2.40. The highest BCUT2D eigenvalue weighted by molar-refractivity contribution is 5.94. The molecule has 6 rings (SSSR count). The lowest BCUT2D eigenvalue weighted by atomic mass is 10.0. The van der Waals surface area contributed by atoms with E-state index in [0.29, 0.717) is 6.54 Å². The number of aromatic carboxylic acids is 1. The number of piperazine rings is 2. The molecular formula is C18H17F2N3O3. The highest BCUT2D eigenvalue weighted by Crippen LogP contribution is 2.40. The van der Waals surface area contributed by atoms with E-state index >= 15 is 4.39 Å². The molecule has 0 unspecified atom stereocenters. The van der Waals surface area contributed by atoms with Gasteiger partial charge < -0.3 is 14.6 Å². The van der Waals surface area contributed by atoms with Gasteiger partial charge in [-0.2, -0.15) is 0 Å². The molecule has 136 valence electrons. The molecule has 0 atom stereocenters. The van der Waals surface area contributed by atoms with Gasteiger partial charge in [0.15, 0.2) is 5.82 Å². The molecule has 26 heavy (non-hydrogen) atoms. The quantitative estimate of drug-likeness (QED) is 0.903. The van der Waals surface area contributed by atoms with E-state index in [1.165, 1.54) is 10.8 Å². The Kier molecular flexibility index (Phi) is 3.19. The van der Waals surface area contributed by atoms with Crippen LogP contribution in [-0.2, 0) is 0 Å². The molecule has 0 radical (unpaired) electrons. The van der Waals surface area contributed by atoms with E-state index in [2.05, 4.69) is 4.90 Å². The second-order valence-electron chi connectivity index (χ2n) is 7.34. The first-order valence-corrected chi connectivity index (χ1v) is 8.75. The number of carboxylic acid groups (broad SMARTS) is 1. The molecule has 1 aromatic carbocycles. The van der Waals surface area contributed by atoms with Crippen molar-refractivity contribution < 1.29 is 18.7 Å². The van der Waals surface area contributed by atoms with Crippen LogP contribution in [0.25, 0.3) is 10.9 Å². The van der Waals surface area contributed by atoms with Crippen molar-refractivity contribution in [2.24, 2.45) is 0 Å². The van der Waals surface area contributed by atoms with Crippen molar-refractivity contribution in [3.63, 3.8) is 0 Å². The van der Waals surface area contributed by atoms with Gasteiger partial charge >= 0.3 is 5.97 Å². The number of carbonyl (C=O) groups is 1. The van der Waals surface area contributed by atoms with Crippen molar-refractivity contribution in [2.45, 2.75) is 24.9 Å². The van der Waals surface area contributed by atoms with E-state index in [0.717, 1.165) is 38.5 Å². The molecule has 4 fully saturated rings. The third kappa shape index (κ3) is 2.11. The van der Waals surface area contributed by atoms with Crippen LogP contribution in [0.5, 0.6) is 0 Å². The Morgan fingerprint density at radius 1 is 1.15 bits per heavy atom. The summed E-state index contributed by atoms with van der Waals surface area (Å²) in [6.45, 7) is 2.85. The minimum absolute atomic E-state index is 0.0145. The van der Waals surface area contributed by atoms with E-state index in [4.69, 9.17) is 0 Å². The molecule has 0 spiro atoms. The average Bonchev–Trinajstić information content (AvgIpc) is 3.40. The van der Waals surface area contributed by atoms with Crippen LogP contribution in [0.3, 0.4) is 0 Å². The third-order valence-corrected chi connectivity index (χ3v) is 5.68. The van der Waals surface area contributed by atoms with Crippen LogP contribution in [-0.4, -0.2) is 52.8 Å². The summed E-state index contributed by atoms with van der Waals surface area (Å²) < 4.78 is 31.8. The maximum absolute atomic E-state index is 15.5. The van der Waals surface area contributed by atoms with Gasteiger partial charge in [-0.1, -0.05) is 0 Å². The highest BCUT2D eigenvalue weighted by atomic mass is 19.1. The Balaban J connectivity index is 1.79. The summed E-state index contributed by atoms with van der Waals surface area (Å²) in [4.78, 5) is 27.8. The predicted octanol–water partition coefficient (Wildman–Crippen LogP) is 1.82. The first-order chi connectivity index (χ1) is 12.5. The number of hydrogen-bond donors (Lipinski definition) is 1. The number of nitrogens with zero attached hydrogens (tertiary/aromatic N) is 3. The zero-order chi connectivity index (χ0) is 18.2. The van der Waals surface area contributed by atoms with Crippen LogP contribution in [0.15, 0.2) is 17.1 Å². The summed E-state index contributed by atoms with van der Waals surface area (Å²) in [5.41, 5.74) is -1.38. The second kappa shape index (κ2) is 5.26. The standard InChI is InChI=1S/C18H17F2N3O3/c19-13-5-11-15(14(20)16(13)22-4-3-21-6-10(22)7-21)23(9-1-2-9)8-12(17(11)24)18(25)26/h5,8-10H,1-4,6-7H2,(H,25,26). The fourth-order valence-corrected chi connectivity index (χ4v) is 4.14. The molecule has 0 amide bonds. The summed E-state index contributed by atoms with van der Waals surface area (Å²) in [5, 5.41) is 9.07. The van der Waals surface area contributed by atoms with E-state index in [9.17, 15) is 19.1 Å². The number of fused-ring (bicyclic) bond motifs is 3. The maximum Gasteiger partial charge on any atom is 0.341 e. The minimum atomic E-state index is -1.39. The molecule has 2 bridgehead atoms. The van der Waals surface area contributed by atoms with Crippen LogP contribution < -0.4 is 10.3 Å². The molecule has 6 nitrogen and oxygen atoms in total. The number of carboxylic acids is 1. The van der Waals surface area contributed by atoms with Crippen molar-refractivity contribution >= 4 is 22.6 Å². The van der Waals surface area contributed by atoms with Crippen LogP contribution in [0.4, 0.5) is 14.5 Å². The Hall–Kier alpha value is -2.48. The van der Waals surface area contributed by atoms with Gasteiger partial charge in [-0.05, 0) is 18.9 Å². The van der Waals surface area contributed by atoms with Crippen molar-refractivity contribution in [3.8, 4) is 0 Å². The van der Waals surface area contributed by atoms with Crippen LogP contribution in [0.1, 0.15) is 29.2 Å². The Morgan fingerprint density at radius 2 is 1.88 bits per heavy atom. The lowest BCUT2D eigenvalue weighted by molar-refractivity contribution is 0.0695. The topological polar surface area (TPSA) is 65.8 Å². The lowest BCUT2D eigenvalue weighted by Crippen LogP contribution is -2.67. The van der Waals surface area contributed by atoms with Gasteiger partial charge in [-0.15, -0.1) is 0 Å². The molecule has 1 aliphatic carbocycles. The molecule has 4 aliphatic rings. The molecule has 3 saturated heterocycles. The van der Waals surface area contributed by atoms with Crippen LogP contribution in [0, 0.1) is 11.6 Å². The fraction of sp³-hybridized carbons (Fsp3) is 0.444. The predicted molar refractivity (Wildman–Crippen MR) is 90.9 cm³/mol.